The lowest BCUT2D eigenvalue weighted by molar-refractivity contribution is 0.0515. The third-order valence-corrected chi connectivity index (χ3v) is 4.99. The molecule has 0 heterocycles. The van der Waals surface area contributed by atoms with Gasteiger partial charge in [0, 0.05) is 15.4 Å². The van der Waals surface area contributed by atoms with Crippen molar-refractivity contribution in [2.75, 3.05) is 0 Å². The van der Waals surface area contributed by atoms with E-state index in [1.54, 1.807) is 54.2 Å². The van der Waals surface area contributed by atoms with Gasteiger partial charge in [-0.3, -0.25) is 4.79 Å². The topological polar surface area (TPSA) is 55.7 Å². The second kappa shape index (κ2) is 9.15. The van der Waals surface area contributed by atoms with Gasteiger partial charge in [-0.2, -0.15) is 0 Å². The summed E-state index contributed by atoms with van der Waals surface area (Å²) in [6.45, 7) is 3.57. The van der Waals surface area contributed by atoms with Crippen molar-refractivity contribution in [1.29, 1.82) is 0 Å². The lowest BCUT2D eigenvalue weighted by Gasteiger charge is -2.04. The first-order valence-corrected chi connectivity index (χ1v) is 9.55. The molecule has 0 atom stereocenters. The second-order valence-electron chi connectivity index (χ2n) is 6.19. The van der Waals surface area contributed by atoms with Crippen LogP contribution in [0, 0.1) is 6.92 Å². The molecule has 0 spiro atoms. The molecule has 0 aliphatic heterocycles. The quantitative estimate of drug-likeness (QED) is 0.240. The predicted molar refractivity (Wildman–Crippen MR) is 111 cm³/mol. The smallest absolute Gasteiger partial charge is 0.312 e. The second-order valence-corrected chi connectivity index (χ2v) is 7.34. The maximum atomic E-state index is 12.5. The first-order chi connectivity index (χ1) is 13.5. The van der Waals surface area contributed by atoms with Crippen molar-refractivity contribution >= 4 is 29.2 Å². The van der Waals surface area contributed by atoms with Crippen molar-refractivity contribution in [3.8, 4) is 0 Å². The summed E-state index contributed by atoms with van der Waals surface area (Å²) >= 11 is 1.63. The Kier molecular flexibility index (Phi) is 6.40. The van der Waals surface area contributed by atoms with E-state index in [1.807, 2.05) is 12.1 Å². The van der Waals surface area contributed by atoms with Crippen LogP contribution in [0.15, 0.2) is 93.8 Å². The molecule has 0 fully saturated rings. The highest BCUT2D eigenvalue weighted by Gasteiger charge is 2.12. The van der Waals surface area contributed by atoms with Crippen LogP contribution in [-0.2, 0) is 4.84 Å². The number of nitrogens with zero attached hydrogens (tertiary/aromatic N) is 1. The van der Waals surface area contributed by atoms with E-state index in [2.05, 4.69) is 36.3 Å². The third-order valence-electron chi connectivity index (χ3n) is 3.98. The summed E-state index contributed by atoms with van der Waals surface area (Å²) in [4.78, 5) is 31.4. The molecule has 5 heteroatoms. The Hall–Kier alpha value is -3.18. The van der Waals surface area contributed by atoms with Gasteiger partial charge >= 0.3 is 5.97 Å². The van der Waals surface area contributed by atoms with Crippen LogP contribution in [0.3, 0.4) is 0 Å². The number of carbonyl (C=O) groups is 2. The fourth-order valence-corrected chi connectivity index (χ4v) is 3.22. The fourth-order valence-electron chi connectivity index (χ4n) is 2.40. The van der Waals surface area contributed by atoms with Crippen molar-refractivity contribution in [3.63, 3.8) is 0 Å². The molecule has 0 bridgehead atoms. The number of rotatable bonds is 6. The minimum atomic E-state index is -0.599. The highest BCUT2D eigenvalue weighted by Crippen LogP contribution is 2.28. The number of carbonyl (C=O) groups excluding carboxylic acids is 2. The molecule has 0 unspecified atom stereocenters. The molecule has 0 saturated carbocycles. The van der Waals surface area contributed by atoms with Crippen LogP contribution in [0.5, 0.6) is 0 Å². The van der Waals surface area contributed by atoms with E-state index in [4.69, 9.17) is 4.84 Å². The summed E-state index contributed by atoms with van der Waals surface area (Å²) < 4.78 is 0. The average Bonchev–Trinajstić information content (AvgIpc) is 2.74. The van der Waals surface area contributed by atoms with E-state index < -0.39 is 5.97 Å². The SMILES string of the molecule is C/C(=N\OC(=O)c1ccccc1)C(=O)c1ccc(Sc2ccc(C)cc2)cc1. The van der Waals surface area contributed by atoms with Gasteiger partial charge in [0.1, 0.15) is 5.71 Å². The normalized spacial score (nSPS) is 11.1. The lowest BCUT2D eigenvalue weighted by atomic mass is 10.1. The van der Waals surface area contributed by atoms with Crippen molar-refractivity contribution in [2.24, 2.45) is 5.16 Å². The first-order valence-electron chi connectivity index (χ1n) is 8.73. The number of benzene rings is 3. The number of hydrogen-bond donors (Lipinski definition) is 0. The van der Waals surface area contributed by atoms with Gasteiger partial charge in [0.2, 0.25) is 5.78 Å². The van der Waals surface area contributed by atoms with E-state index in [1.165, 1.54) is 12.5 Å². The first kappa shape index (κ1) is 19.6. The Bertz CT molecular complexity index is 994. The molecule has 4 nitrogen and oxygen atoms in total. The summed E-state index contributed by atoms with van der Waals surface area (Å²) in [6, 6.07) is 24.1. The number of ketones is 1. The molecule has 0 aliphatic carbocycles. The van der Waals surface area contributed by atoms with Crippen molar-refractivity contribution in [1.82, 2.24) is 0 Å². The van der Waals surface area contributed by atoms with Crippen molar-refractivity contribution in [2.45, 2.75) is 23.6 Å². The third kappa shape index (κ3) is 5.18. The molecule has 0 aliphatic rings. The van der Waals surface area contributed by atoms with E-state index >= 15 is 0 Å². The van der Waals surface area contributed by atoms with Gasteiger partial charge in [-0.25, -0.2) is 4.79 Å². The van der Waals surface area contributed by atoms with Crippen LogP contribution in [0.2, 0.25) is 0 Å². The Balaban J connectivity index is 1.63. The molecule has 0 radical (unpaired) electrons. The van der Waals surface area contributed by atoms with Gasteiger partial charge in [0.15, 0.2) is 0 Å². The van der Waals surface area contributed by atoms with Crippen LogP contribution in [0.1, 0.15) is 33.2 Å². The molecular weight excluding hydrogens is 370 g/mol. The maximum Gasteiger partial charge on any atom is 0.365 e. The van der Waals surface area contributed by atoms with E-state index in [-0.39, 0.29) is 11.5 Å². The molecule has 140 valence electrons. The van der Waals surface area contributed by atoms with Crippen LogP contribution in [0.4, 0.5) is 0 Å². The highest BCUT2D eigenvalue weighted by atomic mass is 32.2. The van der Waals surface area contributed by atoms with Gasteiger partial charge < -0.3 is 4.84 Å². The van der Waals surface area contributed by atoms with E-state index in [0.29, 0.717) is 11.1 Å². The summed E-state index contributed by atoms with van der Waals surface area (Å²) in [5.41, 5.74) is 2.20. The molecule has 0 saturated heterocycles. The lowest BCUT2D eigenvalue weighted by Crippen LogP contribution is -2.12. The van der Waals surface area contributed by atoms with Crippen molar-refractivity contribution < 1.29 is 14.4 Å². The van der Waals surface area contributed by atoms with Gasteiger partial charge in [0.05, 0.1) is 5.56 Å². The van der Waals surface area contributed by atoms with Crippen molar-refractivity contribution in [3.05, 3.63) is 95.6 Å². The van der Waals surface area contributed by atoms with Crippen LogP contribution < -0.4 is 0 Å². The number of oxime groups is 1. The van der Waals surface area contributed by atoms with Gasteiger partial charge in [0.25, 0.3) is 0 Å². The van der Waals surface area contributed by atoms with Crippen LogP contribution >= 0.6 is 11.8 Å². The minimum Gasteiger partial charge on any atom is -0.312 e. The molecular formula is C23H19NO3S. The molecule has 3 rings (SSSR count). The molecule has 0 N–H and O–H groups in total. The molecule has 0 amide bonds. The number of aryl methyl sites for hydroxylation is 1. The number of Topliss-reactive ketones (excluding diaryl/α,β-unsaturated/α-hetero) is 1. The molecule has 0 aromatic heterocycles. The molecule has 3 aromatic rings. The highest BCUT2D eigenvalue weighted by molar-refractivity contribution is 7.99. The summed E-state index contributed by atoms with van der Waals surface area (Å²) in [5.74, 6) is -0.884. The monoisotopic (exact) mass is 389 g/mol. The minimum absolute atomic E-state index is 0.114. The Morgan fingerprint density at radius 1 is 0.786 bits per heavy atom. The number of hydrogen-bond acceptors (Lipinski definition) is 5. The van der Waals surface area contributed by atoms with Crippen LogP contribution in [-0.4, -0.2) is 17.5 Å². The Labute approximate surface area is 168 Å². The fraction of sp³-hybridized carbons (Fsp3) is 0.0870. The summed E-state index contributed by atoms with van der Waals surface area (Å²) in [5, 5.41) is 3.69. The van der Waals surface area contributed by atoms with Gasteiger partial charge in [-0.1, -0.05) is 52.8 Å². The largest absolute Gasteiger partial charge is 0.365 e. The zero-order chi connectivity index (χ0) is 19.9. The van der Waals surface area contributed by atoms with E-state index in [9.17, 15) is 9.59 Å². The Morgan fingerprint density at radius 3 is 1.96 bits per heavy atom. The summed E-state index contributed by atoms with van der Waals surface area (Å²) in [7, 11) is 0. The van der Waals surface area contributed by atoms with Gasteiger partial charge in [-0.05, 0) is 62.4 Å². The zero-order valence-electron chi connectivity index (χ0n) is 15.6. The zero-order valence-corrected chi connectivity index (χ0v) is 16.4. The summed E-state index contributed by atoms with van der Waals surface area (Å²) in [6.07, 6.45) is 0. The standard InChI is InChI=1S/C23H19NO3S/c1-16-8-12-20(13-9-16)28-21-14-10-18(11-15-21)22(25)17(2)24-27-23(26)19-6-4-3-5-7-19/h3-15H,1-2H3/b24-17+. The maximum absolute atomic E-state index is 12.5. The van der Waals surface area contributed by atoms with Crippen LogP contribution in [0.25, 0.3) is 0 Å². The van der Waals surface area contributed by atoms with Gasteiger partial charge in [-0.15, -0.1) is 0 Å². The predicted octanol–water partition coefficient (Wildman–Crippen LogP) is 5.56. The average molecular weight is 389 g/mol. The molecule has 28 heavy (non-hydrogen) atoms. The Morgan fingerprint density at radius 2 is 1.36 bits per heavy atom. The molecule has 3 aromatic carbocycles. The van der Waals surface area contributed by atoms with E-state index in [0.717, 1.165) is 9.79 Å².